The lowest BCUT2D eigenvalue weighted by Crippen LogP contribution is -2.40. The van der Waals surface area contributed by atoms with Crippen molar-refractivity contribution in [3.8, 4) is 6.07 Å². The highest BCUT2D eigenvalue weighted by molar-refractivity contribution is 7.89. The van der Waals surface area contributed by atoms with Gasteiger partial charge in [-0.3, -0.25) is 4.40 Å². The van der Waals surface area contributed by atoms with Crippen LogP contribution in [-0.2, 0) is 16.4 Å². The first kappa shape index (κ1) is 18.6. The number of sulfonamides is 1. The summed E-state index contributed by atoms with van der Waals surface area (Å²) in [5.74, 6) is 1.03. The van der Waals surface area contributed by atoms with E-state index in [4.69, 9.17) is 5.26 Å². The zero-order valence-corrected chi connectivity index (χ0v) is 16.4. The summed E-state index contributed by atoms with van der Waals surface area (Å²) in [7, 11) is -3.64. The summed E-state index contributed by atoms with van der Waals surface area (Å²) >= 11 is 0. The highest BCUT2D eigenvalue weighted by Gasteiger charge is 2.32. The third-order valence-corrected chi connectivity index (χ3v) is 7.28. The number of piperidine rings is 1. The van der Waals surface area contributed by atoms with Crippen LogP contribution in [0, 0.1) is 24.2 Å². The molecular formula is C20H21N5O2S. The van der Waals surface area contributed by atoms with Crippen molar-refractivity contribution >= 4 is 15.7 Å². The summed E-state index contributed by atoms with van der Waals surface area (Å²) in [4.78, 5) is 0.222. The summed E-state index contributed by atoms with van der Waals surface area (Å²) in [6.07, 6.45) is 4.36. The van der Waals surface area contributed by atoms with Crippen molar-refractivity contribution in [2.75, 3.05) is 13.1 Å². The summed E-state index contributed by atoms with van der Waals surface area (Å²) in [6.45, 7) is 2.70. The van der Waals surface area contributed by atoms with E-state index in [0.29, 0.717) is 30.6 Å². The normalized spacial score (nSPS) is 18.2. The Bertz CT molecular complexity index is 1160. The number of nitriles is 1. The van der Waals surface area contributed by atoms with Gasteiger partial charge in [-0.2, -0.15) is 9.57 Å². The van der Waals surface area contributed by atoms with Gasteiger partial charge >= 0.3 is 0 Å². The zero-order valence-electron chi connectivity index (χ0n) is 15.6. The van der Waals surface area contributed by atoms with Crippen LogP contribution in [0.3, 0.4) is 0 Å². The molecule has 3 aromatic rings. The highest BCUT2D eigenvalue weighted by atomic mass is 32.2. The van der Waals surface area contributed by atoms with E-state index in [9.17, 15) is 8.42 Å². The third-order valence-electron chi connectivity index (χ3n) is 5.27. The number of rotatable bonds is 4. The molecule has 2 aromatic heterocycles. The fourth-order valence-corrected chi connectivity index (χ4v) is 5.59. The Morgan fingerprint density at radius 1 is 1.25 bits per heavy atom. The lowest BCUT2D eigenvalue weighted by molar-refractivity contribution is 0.262. The molecule has 0 amide bonds. The van der Waals surface area contributed by atoms with Gasteiger partial charge in [0.1, 0.15) is 5.82 Å². The van der Waals surface area contributed by atoms with Gasteiger partial charge in [0.25, 0.3) is 0 Å². The maximum absolute atomic E-state index is 13.2. The molecule has 1 aliphatic heterocycles. The van der Waals surface area contributed by atoms with E-state index in [1.807, 2.05) is 34.9 Å². The van der Waals surface area contributed by atoms with Crippen LogP contribution in [0.25, 0.3) is 5.65 Å². The van der Waals surface area contributed by atoms with Gasteiger partial charge in [-0.05, 0) is 55.5 Å². The van der Waals surface area contributed by atoms with Gasteiger partial charge in [-0.25, -0.2) is 8.42 Å². The van der Waals surface area contributed by atoms with Crippen LogP contribution in [0.15, 0.2) is 47.5 Å². The fourth-order valence-electron chi connectivity index (χ4n) is 3.79. The maximum Gasteiger partial charge on any atom is 0.243 e. The average Bonchev–Trinajstić information content (AvgIpc) is 3.11. The van der Waals surface area contributed by atoms with Crippen molar-refractivity contribution in [1.82, 2.24) is 18.9 Å². The molecule has 0 spiro atoms. The molecule has 0 aliphatic carbocycles. The molecule has 1 atom stereocenters. The fraction of sp³-hybridized carbons (Fsp3) is 0.350. The SMILES string of the molecule is Cc1ccc(C#N)cc1S(=O)(=O)N1CCCC(Cc2nnc3ccccn23)C1. The minimum absolute atomic E-state index is 0.176. The van der Waals surface area contributed by atoms with Gasteiger partial charge in [0, 0.05) is 25.7 Å². The molecule has 3 heterocycles. The van der Waals surface area contributed by atoms with Gasteiger partial charge in [-0.1, -0.05) is 12.1 Å². The second kappa shape index (κ2) is 7.34. The topological polar surface area (TPSA) is 91.4 Å². The lowest BCUT2D eigenvalue weighted by atomic mass is 9.96. The van der Waals surface area contributed by atoms with Gasteiger partial charge in [-0.15, -0.1) is 10.2 Å². The molecule has 0 radical (unpaired) electrons. The zero-order chi connectivity index (χ0) is 19.7. The molecule has 1 unspecified atom stereocenters. The number of aryl methyl sites for hydroxylation is 1. The number of hydrogen-bond acceptors (Lipinski definition) is 5. The van der Waals surface area contributed by atoms with E-state index in [-0.39, 0.29) is 10.8 Å². The van der Waals surface area contributed by atoms with Crippen molar-refractivity contribution in [2.24, 2.45) is 5.92 Å². The van der Waals surface area contributed by atoms with E-state index in [1.54, 1.807) is 23.4 Å². The Kier molecular flexibility index (Phi) is 4.87. The molecule has 0 bridgehead atoms. The minimum atomic E-state index is -3.64. The number of hydrogen-bond donors (Lipinski definition) is 0. The Balaban J connectivity index is 1.57. The van der Waals surface area contributed by atoms with Crippen molar-refractivity contribution in [2.45, 2.75) is 31.1 Å². The first-order valence-electron chi connectivity index (χ1n) is 9.28. The molecule has 1 fully saturated rings. The Morgan fingerprint density at radius 3 is 2.93 bits per heavy atom. The van der Waals surface area contributed by atoms with Crippen LogP contribution in [-0.4, -0.2) is 40.4 Å². The number of nitrogens with zero attached hydrogens (tertiary/aromatic N) is 5. The quantitative estimate of drug-likeness (QED) is 0.677. The Hall–Kier alpha value is -2.76. The number of aromatic nitrogens is 3. The Labute approximate surface area is 164 Å². The monoisotopic (exact) mass is 395 g/mol. The first-order valence-corrected chi connectivity index (χ1v) is 10.7. The second-order valence-electron chi connectivity index (χ2n) is 7.21. The van der Waals surface area contributed by atoms with Crippen LogP contribution in [0.4, 0.5) is 0 Å². The Morgan fingerprint density at radius 2 is 2.11 bits per heavy atom. The highest BCUT2D eigenvalue weighted by Crippen LogP contribution is 2.28. The molecule has 8 heteroatoms. The number of fused-ring (bicyclic) bond motifs is 1. The smallest absolute Gasteiger partial charge is 0.243 e. The van der Waals surface area contributed by atoms with Gasteiger partial charge < -0.3 is 0 Å². The average molecular weight is 395 g/mol. The van der Waals surface area contributed by atoms with Crippen LogP contribution >= 0.6 is 0 Å². The van der Waals surface area contributed by atoms with E-state index in [0.717, 1.165) is 24.3 Å². The third kappa shape index (κ3) is 3.39. The molecule has 7 nitrogen and oxygen atoms in total. The van der Waals surface area contributed by atoms with Crippen molar-refractivity contribution in [3.63, 3.8) is 0 Å². The molecular weight excluding hydrogens is 374 g/mol. The van der Waals surface area contributed by atoms with Crippen molar-refractivity contribution < 1.29 is 8.42 Å². The van der Waals surface area contributed by atoms with Crippen molar-refractivity contribution in [1.29, 1.82) is 5.26 Å². The molecule has 28 heavy (non-hydrogen) atoms. The van der Waals surface area contributed by atoms with Gasteiger partial charge in [0.15, 0.2) is 5.65 Å². The molecule has 144 valence electrons. The van der Waals surface area contributed by atoms with Crippen LogP contribution < -0.4 is 0 Å². The molecule has 4 rings (SSSR count). The first-order chi connectivity index (χ1) is 13.5. The molecule has 0 N–H and O–H groups in total. The van der Waals surface area contributed by atoms with Crippen LogP contribution in [0.5, 0.6) is 0 Å². The largest absolute Gasteiger partial charge is 0.286 e. The minimum Gasteiger partial charge on any atom is -0.286 e. The van der Waals surface area contributed by atoms with Gasteiger partial charge in [0.05, 0.1) is 16.5 Å². The summed E-state index contributed by atoms with van der Waals surface area (Å²) < 4.78 is 29.9. The van der Waals surface area contributed by atoms with E-state index in [1.165, 1.54) is 6.07 Å². The predicted octanol–water partition coefficient (Wildman–Crippen LogP) is 2.55. The number of benzene rings is 1. The predicted molar refractivity (Wildman–Crippen MR) is 104 cm³/mol. The molecule has 0 saturated carbocycles. The second-order valence-corrected chi connectivity index (χ2v) is 9.12. The molecule has 1 aromatic carbocycles. The van der Waals surface area contributed by atoms with Crippen LogP contribution in [0.1, 0.15) is 29.8 Å². The molecule has 1 saturated heterocycles. The van der Waals surface area contributed by atoms with E-state index >= 15 is 0 Å². The summed E-state index contributed by atoms with van der Waals surface area (Å²) in [5, 5.41) is 17.6. The van der Waals surface area contributed by atoms with Crippen LogP contribution in [0.2, 0.25) is 0 Å². The van der Waals surface area contributed by atoms with E-state index in [2.05, 4.69) is 10.2 Å². The maximum atomic E-state index is 13.2. The van der Waals surface area contributed by atoms with E-state index < -0.39 is 10.0 Å². The molecule has 1 aliphatic rings. The summed E-state index contributed by atoms with van der Waals surface area (Å²) in [5.41, 5.74) is 1.80. The standard InChI is InChI=1S/C20H21N5O2S/c1-15-7-8-16(13-21)11-18(15)28(26,27)24-9-4-5-17(14-24)12-20-23-22-19-6-2-3-10-25(19)20/h2-3,6-8,10-11,17H,4-5,9,12,14H2,1H3. The van der Waals surface area contributed by atoms with Gasteiger partial charge in [0.2, 0.25) is 10.0 Å². The number of pyridine rings is 1. The summed E-state index contributed by atoms with van der Waals surface area (Å²) in [6, 6.07) is 12.6. The lowest BCUT2D eigenvalue weighted by Gasteiger charge is -2.32. The van der Waals surface area contributed by atoms with Crippen molar-refractivity contribution in [3.05, 3.63) is 59.5 Å².